The Labute approximate surface area is 142 Å². The standard InChI is InChI=1S/C17H27N3O2S/c1-4-7-15-19-12(3)14(23-15)10-18-17(22)13-8-6-9-20(11-13)16(21)5-2/h13H,4-11H2,1-3H3,(H,18,22). The Morgan fingerprint density at radius 2 is 2.17 bits per heavy atom. The number of hydrogen-bond acceptors (Lipinski definition) is 4. The first-order valence-corrected chi connectivity index (χ1v) is 9.37. The number of rotatable bonds is 6. The van der Waals surface area contributed by atoms with E-state index in [0.717, 1.165) is 47.8 Å². The normalized spacial score (nSPS) is 18.0. The summed E-state index contributed by atoms with van der Waals surface area (Å²) >= 11 is 1.69. The minimum atomic E-state index is -0.0809. The van der Waals surface area contributed by atoms with Gasteiger partial charge < -0.3 is 10.2 Å². The van der Waals surface area contributed by atoms with Crippen molar-refractivity contribution in [3.05, 3.63) is 15.6 Å². The van der Waals surface area contributed by atoms with Crippen LogP contribution in [0.15, 0.2) is 0 Å². The van der Waals surface area contributed by atoms with Gasteiger partial charge in [0.2, 0.25) is 11.8 Å². The van der Waals surface area contributed by atoms with Crippen LogP contribution >= 0.6 is 11.3 Å². The van der Waals surface area contributed by atoms with E-state index in [9.17, 15) is 9.59 Å². The van der Waals surface area contributed by atoms with Gasteiger partial charge >= 0.3 is 0 Å². The van der Waals surface area contributed by atoms with Crippen molar-refractivity contribution in [2.75, 3.05) is 13.1 Å². The van der Waals surface area contributed by atoms with Crippen LogP contribution in [-0.2, 0) is 22.6 Å². The highest BCUT2D eigenvalue weighted by atomic mass is 32.1. The molecule has 23 heavy (non-hydrogen) atoms. The van der Waals surface area contributed by atoms with E-state index in [0.29, 0.717) is 19.5 Å². The molecule has 1 aliphatic heterocycles. The fourth-order valence-electron chi connectivity index (χ4n) is 2.93. The molecule has 5 nitrogen and oxygen atoms in total. The van der Waals surface area contributed by atoms with E-state index in [1.165, 1.54) is 0 Å². The van der Waals surface area contributed by atoms with Crippen molar-refractivity contribution in [2.24, 2.45) is 5.92 Å². The number of carbonyl (C=O) groups excluding carboxylic acids is 2. The summed E-state index contributed by atoms with van der Waals surface area (Å²) in [5.74, 6) is 0.121. The van der Waals surface area contributed by atoms with Gasteiger partial charge in [0.15, 0.2) is 0 Å². The number of aromatic nitrogens is 1. The molecule has 2 heterocycles. The smallest absolute Gasteiger partial charge is 0.225 e. The van der Waals surface area contributed by atoms with Gasteiger partial charge in [0.1, 0.15) is 0 Å². The average Bonchev–Trinajstić information content (AvgIpc) is 2.92. The van der Waals surface area contributed by atoms with Crippen molar-refractivity contribution < 1.29 is 9.59 Å². The predicted molar refractivity (Wildman–Crippen MR) is 92.3 cm³/mol. The fraction of sp³-hybridized carbons (Fsp3) is 0.706. The van der Waals surface area contributed by atoms with Crippen molar-refractivity contribution in [2.45, 2.75) is 59.4 Å². The summed E-state index contributed by atoms with van der Waals surface area (Å²) in [5, 5.41) is 4.18. The molecule has 2 amide bonds. The van der Waals surface area contributed by atoms with Crippen LogP contribution in [0.4, 0.5) is 0 Å². The number of likely N-dealkylation sites (tertiary alicyclic amines) is 1. The maximum absolute atomic E-state index is 12.4. The Kier molecular flexibility index (Phi) is 6.57. The lowest BCUT2D eigenvalue weighted by Crippen LogP contribution is -2.45. The summed E-state index contributed by atoms with van der Waals surface area (Å²) in [6, 6.07) is 0. The van der Waals surface area contributed by atoms with Gasteiger partial charge in [-0.1, -0.05) is 13.8 Å². The highest BCUT2D eigenvalue weighted by molar-refractivity contribution is 7.11. The number of piperidine rings is 1. The number of nitrogens with one attached hydrogen (secondary N) is 1. The summed E-state index contributed by atoms with van der Waals surface area (Å²) in [6.45, 7) is 7.90. The van der Waals surface area contributed by atoms with Crippen LogP contribution in [-0.4, -0.2) is 34.8 Å². The van der Waals surface area contributed by atoms with Crippen molar-refractivity contribution >= 4 is 23.2 Å². The fourth-order valence-corrected chi connectivity index (χ4v) is 4.04. The first-order valence-electron chi connectivity index (χ1n) is 8.55. The van der Waals surface area contributed by atoms with Crippen LogP contribution in [0.2, 0.25) is 0 Å². The average molecular weight is 337 g/mol. The second-order valence-electron chi connectivity index (χ2n) is 6.12. The number of nitrogens with zero attached hydrogens (tertiary/aromatic N) is 2. The zero-order valence-corrected chi connectivity index (χ0v) is 15.2. The molecule has 1 saturated heterocycles. The second-order valence-corrected chi connectivity index (χ2v) is 7.28. The Morgan fingerprint density at radius 1 is 1.39 bits per heavy atom. The van der Waals surface area contributed by atoms with Gasteiger partial charge in [-0.05, 0) is 32.6 Å². The molecule has 1 unspecified atom stereocenters. The molecule has 1 aromatic heterocycles. The van der Waals surface area contributed by atoms with Gasteiger partial charge in [0, 0.05) is 24.4 Å². The highest BCUT2D eigenvalue weighted by Crippen LogP contribution is 2.21. The van der Waals surface area contributed by atoms with Gasteiger partial charge in [0.05, 0.1) is 23.2 Å². The molecule has 1 aromatic rings. The van der Waals surface area contributed by atoms with Gasteiger partial charge in [0.25, 0.3) is 0 Å². The summed E-state index contributed by atoms with van der Waals surface area (Å²) < 4.78 is 0. The molecule has 0 aliphatic carbocycles. The molecule has 1 atom stereocenters. The SMILES string of the molecule is CCCc1nc(C)c(CNC(=O)C2CCCN(C(=O)CC)C2)s1. The van der Waals surface area contributed by atoms with Gasteiger partial charge in [-0.15, -0.1) is 11.3 Å². The number of hydrogen-bond donors (Lipinski definition) is 1. The van der Waals surface area contributed by atoms with Crippen LogP contribution in [0, 0.1) is 12.8 Å². The van der Waals surface area contributed by atoms with Crippen LogP contribution in [0.25, 0.3) is 0 Å². The molecule has 128 valence electrons. The maximum atomic E-state index is 12.4. The van der Waals surface area contributed by atoms with Crippen molar-refractivity contribution in [1.82, 2.24) is 15.2 Å². The quantitative estimate of drug-likeness (QED) is 0.868. The largest absolute Gasteiger partial charge is 0.351 e. The van der Waals surface area contributed by atoms with Crippen LogP contribution < -0.4 is 5.32 Å². The molecule has 0 aromatic carbocycles. The van der Waals surface area contributed by atoms with E-state index < -0.39 is 0 Å². The summed E-state index contributed by atoms with van der Waals surface area (Å²) in [6.07, 6.45) is 4.36. The molecule has 0 spiro atoms. The third kappa shape index (κ3) is 4.77. The van der Waals surface area contributed by atoms with Crippen molar-refractivity contribution in [3.8, 4) is 0 Å². The Balaban J connectivity index is 1.88. The minimum absolute atomic E-state index is 0.0587. The molecule has 1 N–H and O–H groups in total. The van der Waals surface area contributed by atoms with Gasteiger partial charge in [-0.3, -0.25) is 9.59 Å². The Bertz CT molecular complexity index is 556. The molecule has 6 heteroatoms. The van der Waals surface area contributed by atoms with E-state index >= 15 is 0 Å². The minimum Gasteiger partial charge on any atom is -0.351 e. The number of thiazole rings is 1. The van der Waals surface area contributed by atoms with Crippen molar-refractivity contribution in [1.29, 1.82) is 0 Å². The summed E-state index contributed by atoms with van der Waals surface area (Å²) in [7, 11) is 0. The van der Waals surface area contributed by atoms with Crippen molar-refractivity contribution in [3.63, 3.8) is 0 Å². The number of aryl methyl sites for hydroxylation is 2. The molecule has 1 aliphatic rings. The van der Waals surface area contributed by atoms with E-state index in [1.807, 2.05) is 18.7 Å². The van der Waals surface area contributed by atoms with Crippen LogP contribution in [0.5, 0.6) is 0 Å². The lowest BCUT2D eigenvalue weighted by molar-refractivity contribution is -0.135. The van der Waals surface area contributed by atoms with Crippen LogP contribution in [0.3, 0.4) is 0 Å². The third-order valence-corrected chi connectivity index (χ3v) is 5.49. The third-order valence-electron chi connectivity index (χ3n) is 4.27. The molecule has 0 saturated carbocycles. The molecule has 1 fully saturated rings. The summed E-state index contributed by atoms with van der Waals surface area (Å²) in [4.78, 5) is 31.7. The number of carbonyl (C=O) groups is 2. The summed E-state index contributed by atoms with van der Waals surface area (Å²) in [5.41, 5.74) is 1.02. The monoisotopic (exact) mass is 337 g/mol. The molecular weight excluding hydrogens is 310 g/mol. The lowest BCUT2D eigenvalue weighted by atomic mass is 9.97. The topological polar surface area (TPSA) is 62.3 Å². The van der Waals surface area contributed by atoms with E-state index in [1.54, 1.807) is 11.3 Å². The zero-order valence-electron chi connectivity index (χ0n) is 14.4. The Morgan fingerprint density at radius 3 is 2.87 bits per heavy atom. The molecule has 0 radical (unpaired) electrons. The first kappa shape index (κ1) is 17.9. The predicted octanol–water partition coefficient (Wildman–Crippen LogP) is 2.67. The van der Waals surface area contributed by atoms with E-state index in [2.05, 4.69) is 17.2 Å². The molecular formula is C17H27N3O2S. The lowest BCUT2D eigenvalue weighted by Gasteiger charge is -2.31. The molecule has 0 bridgehead atoms. The maximum Gasteiger partial charge on any atom is 0.225 e. The van der Waals surface area contributed by atoms with E-state index in [-0.39, 0.29) is 17.7 Å². The second kappa shape index (κ2) is 8.43. The van der Waals surface area contributed by atoms with Gasteiger partial charge in [-0.2, -0.15) is 0 Å². The van der Waals surface area contributed by atoms with Crippen LogP contribution in [0.1, 0.15) is 55.1 Å². The first-order chi connectivity index (χ1) is 11.0. The number of amides is 2. The highest BCUT2D eigenvalue weighted by Gasteiger charge is 2.27. The molecule has 2 rings (SSSR count). The Hall–Kier alpha value is -1.43. The van der Waals surface area contributed by atoms with Gasteiger partial charge in [-0.25, -0.2) is 4.98 Å². The van der Waals surface area contributed by atoms with E-state index in [4.69, 9.17) is 0 Å². The zero-order chi connectivity index (χ0) is 16.8.